The molecule has 6 atom stereocenters. The Labute approximate surface area is 302 Å². The van der Waals surface area contributed by atoms with Crippen LogP contribution >= 0.6 is 0 Å². The van der Waals surface area contributed by atoms with Crippen LogP contribution in [-0.2, 0) is 32.3 Å². The number of aromatic nitrogens is 3. The molecule has 0 radical (unpaired) electrons. The first kappa shape index (κ1) is 36.3. The highest BCUT2D eigenvalue weighted by Gasteiger charge is 2.69. The fourth-order valence-corrected chi connectivity index (χ4v) is 8.10. The van der Waals surface area contributed by atoms with Crippen molar-refractivity contribution in [1.29, 1.82) is 0 Å². The zero-order valence-electron chi connectivity index (χ0n) is 30.0. The summed E-state index contributed by atoms with van der Waals surface area (Å²) in [5, 5.41) is 19.3. The smallest absolute Gasteiger partial charge is 0.324 e. The Morgan fingerprint density at radius 1 is 1.12 bits per heavy atom. The van der Waals surface area contributed by atoms with Gasteiger partial charge in [0.05, 0.1) is 19.3 Å². The van der Waals surface area contributed by atoms with E-state index in [0.717, 1.165) is 25.2 Å². The molecule has 3 saturated heterocycles. The number of urea groups is 1. The summed E-state index contributed by atoms with van der Waals surface area (Å²) in [7, 11) is 1.56. The van der Waals surface area contributed by atoms with Crippen molar-refractivity contribution in [2.75, 3.05) is 46.4 Å². The first-order valence-corrected chi connectivity index (χ1v) is 17.7. The molecule has 3 fully saturated rings. The second-order valence-electron chi connectivity index (χ2n) is 14.9. The second kappa shape index (κ2) is 14.1. The van der Waals surface area contributed by atoms with Crippen molar-refractivity contribution in [3.63, 3.8) is 0 Å². The van der Waals surface area contributed by atoms with Crippen molar-refractivity contribution in [2.45, 2.75) is 69.2 Å². The van der Waals surface area contributed by atoms with E-state index in [1.165, 1.54) is 23.4 Å². The van der Waals surface area contributed by atoms with Gasteiger partial charge in [-0.1, -0.05) is 69.3 Å². The first-order chi connectivity index (χ1) is 24.9. The zero-order valence-corrected chi connectivity index (χ0v) is 30.0. The summed E-state index contributed by atoms with van der Waals surface area (Å²) in [5.74, 6) is -3.39. The molecule has 7 rings (SSSR count). The van der Waals surface area contributed by atoms with Crippen LogP contribution in [0.15, 0.2) is 85.5 Å². The van der Waals surface area contributed by atoms with Crippen LogP contribution in [0.3, 0.4) is 0 Å². The molecule has 1 aromatic heterocycles. The van der Waals surface area contributed by atoms with E-state index in [1.54, 1.807) is 12.0 Å². The number of allylic oxidation sites excluding steroid dienone is 2. The molecule has 12 nitrogen and oxygen atoms in total. The van der Waals surface area contributed by atoms with Gasteiger partial charge >= 0.3 is 6.03 Å². The third-order valence-corrected chi connectivity index (χ3v) is 10.8. The number of nitrogens with zero attached hydrogens (tertiary/aromatic N) is 6. The number of carbonyl (C=O) groups excluding carboxylic acids is 1. The molecule has 1 aliphatic carbocycles. The van der Waals surface area contributed by atoms with E-state index in [1.807, 2.05) is 74.2 Å². The molecule has 4 heterocycles. The maximum atomic E-state index is 15.8. The highest BCUT2D eigenvalue weighted by molar-refractivity contribution is 5.81. The minimum Gasteiger partial charge on any atom is -0.391 e. The SMILES string of the molecule is COC1(c2ccccc2)C(C2COC(Cn3cncn3)(c3ccc(F)cc3F)O2)N(C2(N3CCNCC3)C=CC=CC2)C(=O)N1CC(O)C(C)(C)C. The van der Waals surface area contributed by atoms with Crippen molar-refractivity contribution >= 4 is 6.03 Å². The number of aliphatic hydroxyl groups excluding tert-OH is 1. The predicted octanol–water partition coefficient (Wildman–Crippen LogP) is 3.95. The fourth-order valence-electron chi connectivity index (χ4n) is 8.10. The van der Waals surface area contributed by atoms with E-state index < -0.39 is 52.5 Å². The Morgan fingerprint density at radius 3 is 2.52 bits per heavy atom. The molecule has 6 unspecified atom stereocenters. The van der Waals surface area contributed by atoms with Crippen LogP contribution in [0.5, 0.6) is 0 Å². The largest absolute Gasteiger partial charge is 0.391 e. The molecule has 2 N–H and O–H groups in total. The van der Waals surface area contributed by atoms with Crippen molar-refractivity contribution < 1.29 is 32.9 Å². The predicted molar refractivity (Wildman–Crippen MR) is 187 cm³/mol. The van der Waals surface area contributed by atoms with E-state index in [-0.39, 0.29) is 31.3 Å². The fraction of sp³-hybridized carbons (Fsp3) is 0.500. The Morgan fingerprint density at radius 2 is 1.88 bits per heavy atom. The molecule has 3 aromatic rings. The summed E-state index contributed by atoms with van der Waals surface area (Å²) in [6.07, 6.45) is 9.43. The van der Waals surface area contributed by atoms with Crippen molar-refractivity contribution in [3.05, 3.63) is 108 Å². The number of benzene rings is 2. The van der Waals surface area contributed by atoms with Gasteiger partial charge in [0.15, 0.2) is 5.72 Å². The number of hydrogen-bond donors (Lipinski definition) is 2. The Balaban J connectivity index is 1.44. The molecule has 0 bridgehead atoms. The van der Waals surface area contributed by atoms with E-state index in [9.17, 15) is 9.50 Å². The number of piperazine rings is 1. The number of methoxy groups -OCH3 is 1. The van der Waals surface area contributed by atoms with Gasteiger partial charge in [-0.25, -0.2) is 23.2 Å². The highest BCUT2D eigenvalue weighted by Crippen LogP contribution is 2.52. The van der Waals surface area contributed by atoms with Gasteiger partial charge in [-0.05, 0) is 23.6 Å². The molecule has 0 spiro atoms. The number of halogens is 2. The van der Waals surface area contributed by atoms with Gasteiger partial charge in [-0.2, -0.15) is 5.10 Å². The summed E-state index contributed by atoms with van der Waals surface area (Å²) in [6, 6.07) is 11.4. The normalized spacial score (nSPS) is 30.4. The lowest BCUT2D eigenvalue weighted by Gasteiger charge is -2.52. The summed E-state index contributed by atoms with van der Waals surface area (Å²) in [4.78, 5) is 25.4. The monoisotopic (exact) mass is 719 g/mol. The minimum atomic E-state index is -1.79. The molecular formula is C38H47F2N7O5. The summed E-state index contributed by atoms with van der Waals surface area (Å²) < 4.78 is 51.8. The molecule has 278 valence electrons. The molecular weight excluding hydrogens is 672 g/mol. The van der Waals surface area contributed by atoms with Crippen LogP contribution in [0, 0.1) is 17.0 Å². The van der Waals surface area contributed by atoms with E-state index in [4.69, 9.17) is 14.2 Å². The van der Waals surface area contributed by atoms with Gasteiger partial charge in [-0.3, -0.25) is 14.7 Å². The quantitative estimate of drug-likeness (QED) is 0.322. The summed E-state index contributed by atoms with van der Waals surface area (Å²) in [5.41, 5.74) is -2.44. The third kappa shape index (κ3) is 6.14. The number of hydrogen-bond acceptors (Lipinski definition) is 9. The Bertz CT molecular complexity index is 1780. The Kier molecular flexibility index (Phi) is 9.82. The summed E-state index contributed by atoms with van der Waals surface area (Å²) in [6.45, 7) is 8.26. The van der Waals surface area contributed by atoms with Crippen LogP contribution < -0.4 is 5.32 Å². The van der Waals surface area contributed by atoms with Gasteiger partial charge in [-0.15, -0.1) is 0 Å². The first-order valence-electron chi connectivity index (χ1n) is 17.7. The minimum absolute atomic E-state index is 0.0252. The van der Waals surface area contributed by atoms with Crippen LogP contribution in [0.25, 0.3) is 0 Å². The number of nitrogens with one attached hydrogen (secondary N) is 1. The zero-order chi connectivity index (χ0) is 36.7. The lowest BCUT2D eigenvalue weighted by atomic mass is 9.85. The number of ether oxygens (including phenoxy) is 3. The van der Waals surface area contributed by atoms with Crippen LogP contribution in [0.2, 0.25) is 0 Å². The molecule has 52 heavy (non-hydrogen) atoms. The average molecular weight is 720 g/mol. The van der Waals surface area contributed by atoms with Gasteiger partial charge in [0.25, 0.3) is 0 Å². The van der Waals surface area contributed by atoms with E-state index in [2.05, 4.69) is 26.4 Å². The van der Waals surface area contributed by atoms with Crippen LogP contribution in [-0.4, -0.2) is 111 Å². The number of carbonyl (C=O) groups is 1. The number of β-amino-alcohol motifs (C(OH)–C–C–N with tert-alkyl or cyclic N) is 1. The maximum absolute atomic E-state index is 15.8. The molecule has 3 aliphatic heterocycles. The molecule has 4 aliphatic rings. The van der Waals surface area contributed by atoms with Crippen molar-refractivity contribution in [2.24, 2.45) is 5.41 Å². The number of amides is 2. The van der Waals surface area contributed by atoms with Crippen molar-refractivity contribution in [1.82, 2.24) is 34.8 Å². The lowest BCUT2D eigenvalue weighted by Crippen LogP contribution is -2.68. The third-order valence-electron chi connectivity index (χ3n) is 10.8. The van der Waals surface area contributed by atoms with Gasteiger partial charge < -0.3 is 24.6 Å². The van der Waals surface area contributed by atoms with Gasteiger partial charge in [0.2, 0.25) is 5.79 Å². The topological polar surface area (TPSA) is 117 Å². The lowest BCUT2D eigenvalue weighted by molar-refractivity contribution is -0.218. The van der Waals surface area contributed by atoms with Gasteiger partial charge in [0.1, 0.15) is 48.6 Å². The molecule has 2 aromatic carbocycles. The van der Waals surface area contributed by atoms with Crippen LogP contribution in [0.4, 0.5) is 13.6 Å². The molecule has 2 amide bonds. The molecule has 14 heteroatoms. The Hall–Kier alpha value is -4.05. The molecule has 0 saturated carbocycles. The highest BCUT2D eigenvalue weighted by atomic mass is 19.1. The van der Waals surface area contributed by atoms with E-state index in [0.29, 0.717) is 25.1 Å². The van der Waals surface area contributed by atoms with E-state index >= 15 is 9.18 Å². The van der Waals surface area contributed by atoms with Crippen LogP contribution in [0.1, 0.15) is 38.3 Å². The summed E-state index contributed by atoms with van der Waals surface area (Å²) >= 11 is 0. The van der Waals surface area contributed by atoms with Gasteiger partial charge in [0, 0.05) is 56.9 Å². The number of aliphatic hydroxyl groups is 1. The van der Waals surface area contributed by atoms with Crippen molar-refractivity contribution in [3.8, 4) is 0 Å². The maximum Gasteiger partial charge on any atom is 0.324 e. The number of rotatable bonds is 10. The average Bonchev–Trinajstić information content (AvgIpc) is 3.87. The standard InChI is InChI=1S/C38H47F2N7O5/c1-35(2,3)32(48)22-46-34(49)47(36(15-9-6-10-16-36)44-19-17-41-18-20-44)33(38(46,50-4)27-11-7-5-8-12-27)31-23-51-37(52-31,24-45-26-42-25-43-45)29-14-13-28(39)21-30(29)40/h5-15,21,25-26,31-33,41,48H,16-20,22-24H2,1-4H3. The second-order valence-corrected chi connectivity index (χ2v) is 14.9.